The Labute approximate surface area is 198 Å². The topological polar surface area (TPSA) is 40.5 Å². The molecule has 2 N–H and O–H groups in total. The third-order valence-corrected chi connectivity index (χ3v) is 5.05. The second-order valence-electron chi connectivity index (χ2n) is 10.1. The summed E-state index contributed by atoms with van der Waals surface area (Å²) in [6, 6.07) is 0. The predicted octanol–water partition coefficient (Wildman–Crippen LogP) is 7.15. The summed E-state index contributed by atoms with van der Waals surface area (Å²) in [5.74, 6) is 12.2. The number of allylic oxidation sites excluding steroid dienone is 6. The summed E-state index contributed by atoms with van der Waals surface area (Å²) in [7, 11) is 0. The van der Waals surface area contributed by atoms with Crippen molar-refractivity contribution in [3.63, 3.8) is 0 Å². The van der Waals surface area contributed by atoms with Gasteiger partial charge in [-0.05, 0) is 89.7 Å². The van der Waals surface area contributed by atoms with Crippen LogP contribution in [0.5, 0.6) is 0 Å². The van der Waals surface area contributed by atoms with Crippen molar-refractivity contribution in [1.82, 2.24) is 0 Å². The second kappa shape index (κ2) is 15.7. The highest BCUT2D eigenvalue weighted by atomic mass is 16.3. The number of hydrogen-bond donors (Lipinski definition) is 2. The van der Waals surface area contributed by atoms with Crippen LogP contribution in [0.25, 0.3) is 0 Å². The van der Waals surface area contributed by atoms with Crippen molar-refractivity contribution in [3.8, 4) is 23.7 Å². The zero-order chi connectivity index (χ0) is 24.6. The summed E-state index contributed by atoms with van der Waals surface area (Å²) in [6.45, 7) is 16.3. The average molecular weight is 439 g/mol. The van der Waals surface area contributed by atoms with Crippen LogP contribution >= 0.6 is 0 Å². The van der Waals surface area contributed by atoms with Crippen LogP contribution in [-0.2, 0) is 0 Å². The lowest BCUT2D eigenvalue weighted by molar-refractivity contribution is 0.173. The van der Waals surface area contributed by atoms with Crippen LogP contribution in [0.15, 0.2) is 47.6 Å². The number of aliphatic hydroxyl groups is 2. The molecule has 0 aromatic heterocycles. The van der Waals surface area contributed by atoms with Gasteiger partial charge in [-0.2, -0.15) is 0 Å². The molecule has 32 heavy (non-hydrogen) atoms. The van der Waals surface area contributed by atoms with E-state index < -0.39 is 11.2 Å². The van der Waals surface area contributed by atoms with Crippen LogP contribution < -0.4 is 0 Å². The Balaban J connectivity index is 4.69. The largest absolute Gasteiger partial charge is 0.374 e. The molecule has 0 aliphatic rings. The minimum absolute atomic E-state index is 0.598. The summed E-state index contributed by atoms with van der Waals surface area (Å²) in [5, 5.41) is 20.8. The first kappa shape index (κ1) is 30.0. The molecule has 0 saturated heterocycles. The quantitative estimate of drug-likeness (QED) is 0.193. The van der Waals surface area contributed by atoms with Crippen LogP contribution in [-0.4, -0.2) is 21.4 Å². The SMILES string of the molecule is CC(C)=CCCC(C)=CC=CC(C)(O)C#CC#CC(C)(O)C=CCC(C)CCCC(C)C. The maximum absolute atomic E-state index is 10.4. The molecule has 0 bridgehead atoms. The summed E-state index contributed by atoms with van der Waals surface area (Å²) < 4.78 is 0. The molecular weight excluding hydrogens is 392 g/mol. The summed E-state index contributed by atoms with van der Waals surface area (Å²) in [4.78, 5) is 0. The van der Waals surface area contributed by atoms with Gasteiger partial charge in [0.15, 0.2) is 0 Å². The lowest BCUT2D eigenvalue weighted by Gasteiger charge is -2.12. The van der Waals surface area contributed by atoms with Gasteiger partial charge in [0.25, 0.3) is 0 Å². The monoisotopic (exact) mass is 438 g/mol. The predicted molar refractivity (Wildman–Crippen MR) is 140 cm³/mol. The standard InChI is InChI=1S/C30H46O2/c1-25(2)15-11-17-27(5)19-13-23-29(7,31)21-9-10-22-30(8,32)24-14-20-28(6)18-12-16-26(3)4/h13-15,19,23-24,26,28,31-32H,11-12,16-18,20H2,1-8H3. The summed E-state index contributed by atoms with van der Waals surface area (Å²) in [6.07, 6.45) is 18.1. The summed E-state index contributed by atoms with van der Waals surface area (Å²) >= 11 is 0. The lowest BCUT2D eigenvalue weighted by Crippen LogP contribution is -2.18. The molecule has 178 valence electrons. The van der Waals surface area contributed by atoms with Crippen LogP contribution in [0.2, 0.25) is 0 Å². The molecule has 2 nitrogen and oxygen atoms in total. The lowest BCUT2D eigenvalue weighted by atomic mass is 9.96. The Kier molecular flexibility index (Phi) is 14.8. The molecule has 3 unspecified atom stereocenters. The van der Waals surface area contributed by atoms with Gasteiger partial charge in [0.1, 0.15) is 11.2 Å². The van der Waals surface area contributed by atoms with E-state index in [9.17, 15) is 10.2 Å². The van der Waals surface area contributed by atoms with E-state index in [1.165, 1.54) is 30.4 Å². The fraction of sp³-hybridized carbons (Fsp3) is 0.600. The normalized spacial score (nSPS) is 16.7. The van der Waals surface area contributed by atoms with Gasteiger partial charge in [-0.1, -0.05) is 87.3 Å². The number of rotatable bonds is 12. The molecule has 0 fully saturated rings. The fourth-order valence-corrected chi connectivity index (χ4v) is 2.99. The van der Waals surface area contributed by atoms with Crippen molar-refractivity contribution in [3.05, 3.63) is 47.6 Å². The number of hydrogen-bond acceptors (Lipinski definition) is 2. The van der Waals surface area contributed by atoms with Crippen molar-refractivity contribution in [1.29, 1.82) is 0 Å². The second-order valence-corrected chi connectivity index (χ2v) is 10.1. The molecule has 2 heteroatoms. The fourth-order valence-electron chi connectivity index (χ4n) is 2.99. The van der Waals surface area contributed by atoms with E-state index in [4.69, 9.17) is 0 Å². The molecule has 3 atom stereocenters. The van der Waals surface area contributed by atoms with Crippen molar-refractivity contribution in [2.24, 2.45) is 11.8 Å². The zero-order valence-corrected chi connectivity index (χ0v) is 21.8. The molecule has 0 aromatic rings. The maximum atomic E-state index is 10.4. The Morgan fingerprint density at radius 3 is 2.06 bits per heavy atom. The van der Waals surface area contributed by atoms with Crippen molar-refractivity contribution >= 4 is 0 Å². The van der Waals surface area contributed by atoms with E-state index in [1.807, 2.05) is 18.2 Å². The van der Waals surface area contributed by atoms with Gasteiger partial charge < -0.3 is 10.2 Å². The highest BCUT2D eigenvalue weighted by molar-refractivity contribution is 5.36. The Morgan fingerprint density at radius 1 is 0.906 bits per heavy atom. The van der Waals surface area contributed by atoms with Crippen LogP contribution in [0.4, 0.5) is 0 Å². The van der Waals surface area contributed by atoms with E-state index >= 15 is 0 Å². The molecule has 0 saturated carbocycles. The van der Waals surface area contributed by atoms with Gasteiger partial charge in [0.05, 0.1) is 0 Å². The molecule has 0 heterocycles. The van der Waals surface area contributed by atoms with E-state index in [0.717, 1.165) is 25.2 Å². The molecule has 0 aromatic carbocycles. The van der Waals surface area contributed by atoms with E-state index in [0.29, 0.717) is 5.92 Å². The molecule has 0 aliphatic carbocycles. The average Bonchev–Trinajstić information content (AvgIpc) is 2.64. The van der Waals surface area contributed by atoms with E-state index in [1.54, 1.807) is 26.0 Å². The Morgan fingerprint density at radius 2 is 1.50 bits per heavy atom. The smallest absolute Gasteiger partial charge is 0.142 e. The summed E-state index contributed by atoms with van der Waals surface area (Å²) in [5.41, 5.74) is 0.0886. The van der Waals surface area contributed by atoms with Gasteiger partial charge in [-0.25, -0.2) is 0 Å². The highest BCUT2D eigenvalue weighted by Crippen LogP contribution is 2.16. The van der Waals surface area contributed by atoms with Gasteiger partial charge in [0, 0.05) is 0 Å². The maximum Gasteiger partial charge on any atom is 0.142 e. The van der Waals surface area contributed by atoms with Gasteiger partial charge in [0.2, 0.25) is 0 Å². The van der Waals surface area contributed by atoms with Gasteiger partial charge in [-0.3, -0.25) is 0 Å². The van der Waals surface area contributed by atoms with Crippen LogP contribution in [0.1, 0.15) is 93.9 Å². The molecule has 0 rings (SSSR count). The molecular formula is C30H46O2. The Bertz CT molecular complexity index is 776. The highest BCUT2D eigenvalue weighted by Gasteiger charge is 2.12. The molecule has 0 aliphatic heterocycles. The van der Waals surface area contributed by atoms with Crippen LogP contribution in [0.3, 0.4) is 0 Å². The first-order valence-corrected chi connectivity index (χ1v) is 12.0. The first-order valence-electron chi connectivity index (χ1n) is 12.0. The molecule has 0 amide bonds. The van der Waals surface area contributed by atoms with E-state index in [2.05, 4.69) is 71.3 Å². The third-order valence-electron chi connectivity index (χ3n) is 5.05. The Hall–Kier alpha value is -2.00. The van der Waals surface area contributed by atoms with Crippen molar-refractivity contribution in [2.75, 3.05) is 0 Å². The van der Waals surface area contributed by atoms with Crippen molar-refractivity contribution in [2.45, 2.75) is 105 Å². The van der Waals surface area contributed by atoms with Gasteiger partial charge in [-0.15, -0.1) is 0 Å². The zero-order valence-electron chi connectivity index (χ0n) is 21.8. The first-order chi connectivity index (χ1) is 14.8. The molecule has 0 radical (unpaired) electrons. The van der Waals surface area contributed by atoms with Gasteiger partial charge >= 0.3 is 0 Å². The van der Waals surface area contributed by atoms with E-state index in [-0.39, 0.29) is 0 Å². The minimum Gasteiger partial charge on any atom is -0.374 e. The molecule has 0 spiro atoms. The minimum atomic E-state index is -1.27. The van der Waals surface area contributed by atoms with Crippen molar-refractivity contribution < 1.29 is 10.2 Å². The third kappa shape index (κ3) is 18.7. The van der Waals surface area contributed by atoms with Crippen LogP contribution in [0, 0.1) is 35.5 Å².